The van der Waals surface area contributed by atoms with Gasteiger partial charge in [0.05, 0.1) is 43.9 Å². The molecule has 0 aliphatic carbocycles. The summed E-state index contributed by atoms with van der Waals surface area (Å²) in [5.74, 6) is -1.03. The number of methoxy groups -OCH3 is 3. The Morgan fingerprint density at radius 3 is 2.12 bits per heavy atom. The first-order valence-corrected chi connectivity index (χ1v) is 9.10. The van der Waals surface area contributed by atoms with Crippen LogP contribution in [0.5, 0.6) is 17.2 Å². The van der Waals surface area contributed by atoms with Crippen LogP contribution in [0.2, 0.25) is 0 Å². The molecule has 0 saturated heterocycles. The summed E-state index contributed by atoms with van der Waals surface area (Å²) in [6.45, 7) is -0.877. The number of halogens is 3. The molecule has 1 amide bonds. The van der Waals surface area contributed by atoms with Crippen molar-refractivity contribution in [3.05, 3.63) is 51.6 Å². The van der Waals surface area contributed by atoms with E-state index in [1.54, 1.807) is 0 Å². The molecule has 1 N–H and O–H groups in total. The lowest BCUT2D eigenvalue weighted by molar-refractivity contribution is -0.385. The maximum Gasteiger partial charge on any atom is 0.418 e. The van der Waals surface area contributed by atoms with E-state index in [0.29, 0.717) is 17.4 Å². The number of anilines is 1. The fraction of sp³-hybridized carbons (Fsp3) is 0.300. The van der Waals surface area contributed by atoms with Crippen molar-refractivity contribution < 1.29 is 46.6 Å². The molecule has 33 heavy (non-hydrogen) atoms. The molecule has 0 aromatic heterocycles. The Hall–Kier alpha value is -4.03. The number of amides is 1. The van der Waals surface area contributed by atoms with E-state index in [2.05, 4.69) is 0 Å². The fourth-order valence-electron chi connectivity index (χ4n) is 2.78. The van der Waals surface area contributed by atoms with Crippen molar-refractivity contribution in [1.29, 1.82) is 0 Å². The molecule has 13 heteroatoms. The van der Waals surface area contributed by atoms with Gasteiger partial charge >= 0.3 is 12.1 Å². The Balaban J connectivity index is 2.06. The topological polar surface area (TPSA) is 126 Å². The molecule has 0 saturated carbocycles. The molecule has 0 bridgehead atoms. The number of alkyl halides is 3. The number of non-ortho nitro benzene ring substituents is 1. The molecule has 0 fully saturated rings. The summed E-state index contributed by atoms with van der Waals surface area (Å²) in [7, 11) is 4.18. The minimum Gasteiger partial charge on any atom is -0.493 e. The number of nitro benzene ring substituents is 1. The number of nitro groups is 1. The molecule has 0 heterocycles. The lowest BCUT2D eigenvalue weighted by atomic mass is 10.1. The van der Waals surface area contributed by atoms with Gasteiger partial charge in [-0.1, -0.05) is 0 Å². The molecule has 0 aliphatic rings. The summed E-state index contributed by atoms with van der Waals surface area (Å²) >= 11 is 0. The van der Waals surface area contributed by atoms with Gasteiger partial charge in [0.15, 0.2) is 18.1 Å². The Morgan fingerprint density at radius 1 is 1.03 bits per heavy atom. The van der Waals surface area contributed by atoms with E-state index >= 15 is 0 Å². The van der Waals surface area contributed by atoms with Gasteiger partial charge in [-0.15, -0.1) is 0 Å². The maximum absolute atomic E-state index is 13.2. The number of rotatable bonds is 9. The number of nitrogens with zero attached hydrogens (tertiary/aromatic N) is 1. The molecule has 0 atom stereocenters. The average molecular weight is 472 g/mol. The SMILES string of the molecule is COc1cc(CC(=O)OCC(=O)Nc2ccc([N+](=O)[O-])cc2C(F)(F)F)cc(OC)c1OC. The van der Waals surface area contributed by atoms with E-state index in [-0.39, 0.29) is 17.9 Å². The zero-order valence-electron chi connectivity index (χ0n) is 17.6. The van der Waals surface area contributed by atoms with Crippen molar-refractivity contribution in [3.63, 3.8) is 0 Å². The van der Waals surface area contributed by atoms with Gasteiger partial charge in [0.1, 0.15) is 0 Å². The van der Waals surface area contributed by atoms with Gasteiger partial charge in [-0.2, -0.15) is 13.2 Å². The number of hydrogen-bond acceptors (Lipinski definition) is 8. The van der Waals surface area contributed by atoms with Crippen LogP contribution < -0.4 is 19.5 Å². The first kappa shape index (κ1) is 25.2. The summed E-state index contributed by atoms with van der Waals surface area (Å²) in [6, 6.07) is 4.84. The van der Waals surface area contributed by atoms with Crippen LogP contribution in [0.4, 0.5) is 24.5 Å². The number of ether oxygens (including phenoxy) is 4. The number of carbonyl (C=O) groups is 2. The highest BCUT2D eigenvalue weighted by Crippen LogP contribution is 2.39. The van der Waals surface area contributed by atoms with Crippen LogP contribution in [0, 0.1) is 10.1 Å². The molecule has 0 unspecified atom stereocenters. The van der Waals surface area contributed by atoms with E-state index in [9.17, 15) is 32.9 Å². The number of nitrogens with one attached hydrogen (secondary N) is 1. The molecular weight excluding hydrogens is 453 g/mol. The molecule has 178 valence electrons. The molecule has 2 rings (SSSR count). The highest BCUT2D eigenvalue weighted by molar-refractivity contribution is 5.94. The smallest absolute Gasteiger partial charge is 0.418 e. The van der Waals surface area contributed by atoms with Crippen LogP contribution in [0.1, 0.15) is 11.1 Å². The van der Waals surface area contributed by atoms with E-state index in [0.717, 1.165) is 12.1 Å². The van der Waals surface area contributed by atoms with Crippen LogP contribution in [0.25, 0.3) is 0 Å². The average Bonchev–Trinajstić information content (AvgIpc) is 2.76. The van der Waals surface area contributed by atoms with Gasteiger partial charge in [-0.25, -0.2) is 0 Å². The number of hydrogen-bond donors (Lipinski definition) is 1. The number of benzene rings is 2. The third kappa shape index (κ3) is 6.48. The van der Waals surface area contributed by atoms with Gasteiger partial charge in [-0.3, -0.25) is 19.7 Å². The monoisotopic (exact) mass is 472 g/mol. The standard InChI is InChI=1S/C20H19F3N2O8/c1-30-15-6-11(7-16(31-2)19(15)32-3)8-18(27)33-10-17(26)24-14-5-4-12(25(28)29)9-13(14)20(21,22)23/h4-7,9H,8,10H2,1-3H3,(H,24,26). The zero-order valence-corrected chi connectivity index (χ0v) is 17.6. The van der Waals surface area contributed by atoms with Crippen LogP contribution in [0.3, 0.4) is 0 Å². The van der Waals surface area contributed by atoms with Gasteiger partial charge in [0.25, 0.3) is 11.6 Å². The Morgan fingerprint density at radius 2 is 1.64 bits per heavy atom. The van der Waals surface area contributed by atoms with E-state index < -0.39 is 46.5 Å². The van der Waals surface area contributed by atoms with Crippen molar-refractivity contribution >= 4 is 23.3 Å². The summed E-state index contributed by atoms with van der Waals surface area (Å²) in [6.07, 6.45) is -5.26. The maximum atomic E-state index is 13.2. The lowest BCUT2D eigenvalue weighted by Gasteiger charge is -2.14. The van der Waals surface area contributed by atoms with Crippen molar-refractivity contribution in [1.82, 2.24) is 0 Å². The minimum atomic E-state index is -4.96. The van der Waals surface area contributed by atoms with Gasteiger partial charge in [0.2, 0.25) is 5.75 Å². The first-order valence-electron chi connectivity index (χ1n) is 9.10. The first-order chi connectivity index (χ1) is 15.5. The molecule has 0 radical (unpaired) electrons. The van der Waals surface area contributed by atoms with Gasteiger partial charge in [0, 0.05) is 12.1 Å². The van der Waals surface area contributed by atoms with E-state index in [1.807, 2.05) is 5.32 Å². The van der Waals surface area contributed by atoms with Crippen LogP contribution in [0.15, 0.2) is 30.3 Å². The zero-order chi connectivity index (χ0) is 24.8. The molecule has 2 aromatic rings. The molecule has 0 spiro atoms. The predicted molar refractivity (Wildman–Crippen MR) is 107 cm³/mol. The Labute approximate surface area is 185 Å². The van der Waals surface area contributed by atoms with Gasteiger partial charge < -0.3 is 24.3 Å². The molecule has 2 aromatic carbocycles. The Bertz CT molecular complexity index is 1030. The second kappa shape index (κ2) is 10.5. The van der Waals surface area contributed by atoms with Crippen LogP contribution in [-0.4, -0.2) is 44.7 Å². The normalized spacial score (nSPS) is 10.8. The second-order valence-corrected chi connectivity index (χ2v) is 6.40. The number of carbonyl (C=O) groups excluding carboxylic acids is 2. The van der Waals surface area contributed by atoms with Crippen LogP contribution in [-0.2, 0) is 26.9 Å². The largest absolute Gasteiger partial charge is 0.493 e. The number of esters is 1. The van der Waals surface area contributed by atoms with Crippen LogP contribution >= 0.6 is 0 Å². The minimum absolute atomic E-state index is 0.287. The quantitative estimate of drug-likeness (QED) is 0.335. The summed E-state index contributed by atoms with van der Waals surface area (Å²) in [5, 5.41) is 12.7. The third-order valence-electron chi connectivity index (χ3n) is 4.23. The highest BCUT2D eigenvalue weighted by Gasteiger charge is 2.35. The van der Waals surface area contributed by atoms with Gasteiger partial charge in [-0.05, 0) is 23.8 Å². The van der Waals surface area contributed by atoms with E-state index in [4.69, 9.17) is 18.9 Å². The van der Waals surface area contributed by atoms with Crippen molar-refractivity contribution in [2.75, 3.05) is 33.3 Å². The predicted octanol–water partition coefficient (Wildman–Crippen LogP) is 3.36. The van der Waals surface area contributed by atoms with Crippen molar-refractivity contribution in [3.8, 4) is 17.2 Å². The molecular formula is C20H19F3N2O8. The highest BCUT2D eigenvalue weighted by atomic mass is 19.4. The second-order valence-electron chi connectivity index (χ2n) is 6.40. The lowest BCUT2D eigenvalue weighted by Crippen LogP contribution is -2.23. The summed E-state index contributed by atoms with van der Waals surface area (Å²) < 4.78 is 59.9. The third-order valence-corrected chi connectivity index (χ3v) is 4.23. The molecule has 0 aliphatic heterocycles. The summed E-state index contributed by atoms with van der Waals surface area (Å²) in [5.41, 5.74) is -2.51. The molecule has 10 nitrogen and oxygen atoms in total. The van der Waals surface area contributed by atoms with Crippen molar-refractivity contribution in [2.45, 2.75) is 12.6 Å². The summed E-state index contributed by atoms with van der Waals surface area (Å²) in [4.78, 5) is 33.8. The Kier molecular flexibility index (Phi) is 8.05. The van der Waals surface area contributed by atoms with Crippen molar-refractivity contribution in [2.24, 2.45) is 0 Å². The van der Waals surface area contributed by atoms with E-state index in [1.165, 1.54) is 33.5 Å². The fourth-order valence-corrected chi connectivity index (χ4v) is 2.78.